The number of thioether (sulfide) groups is 1. The molecule has 1 aromatic carbocycles. The number of nitrogens with one attached hydrogen (secondary N) is 1. The fourth-order valence-corrected chi connectivity index (χ4v) is 2.83. The lowest BCUT2D eigenvalue weighted by molar-refractivity contribution is -0.113. The second-order valence-corrected chi connectivity index (χ2v) is 7.41. The number of aryl methyl sites for hydroxylation is 2. The van der Waals surface area contributed by atoms with Gasteiger partial charge in [-0.15, -0.1) is 11.8 Å². The Hall–Kier alpha value is -1.75. The van der Waals surface area contributed by atoms with Gasteiger partial charge in [0.15, 0.2) is 5.82 Å². The van der Waals surface area contributed by atoms with E-state index in [1.807, 2.05) is 0 Å². The van der Waals surface area contributed by atoms with E-state index >= 15 is 0 Å². The molecule has 0 atom stereocenters. The Labute approximate surface area is 135 Å². The van der Waals surface area contributed by atoms with Crippen LogP contribution in [0.25, 0.3) is 0 Å². The normalized spacial score (nSPS) is 11.5. The second kappa shape index (κ2) is 6.57. The van der Waals surface area contributed by atoms with Crippen molar-refractivity contribution in [3.63, 3.8) is 0 Å². The van der Waals surface area contributed by atoms with E-state index in [4.69, 9.17) is 4.52 Å². The molecule has 5 heteroatoms. The molecule has 0 aliphatic rings. The quantitative estimate of drug-likeness (QED) is 0.853. The lowest BCUT2D eigenvalue weighted by Crippen LogP contribution is -2.14. The molecule has 1 amide bonds. The van der Waals surface area contributed by atoms with Gasteiger partial charge in [-0.1, -0.05) is 38.1 Å². The van der Waals surface area contributed by atoms with Crippen LogP contribution in [0.2, 0.25) is 0 Å². The third-order valence-corrected chi connectivity index (χ3v) is 4.47. The van der Waals surface area contributed by atoms with Gasteiger partial charge < -0.3 is 9.84 Å². The lowest BCUT2D eigenvalue weighted by Gasteiger charge is -2.20. The summed E-state index contributed by atoms with van der Waals surface area (Å²) < 4.78 is 4.93. The van der Waals surface area contributed by atoms with Crippen LogP contribution in [0.4, 0.5) is 5.82 Å². The van der Waals surface area contributed by atoms with E-state index in [0.29, 0.717) is 17.3 Å². The highest BCUT2D eigenvalue weighted by atomic mass is 32.2. The van der Waals surface area contributed by atoms with E-state index in [-0.39, 0.29) is 11.3 Å². The Bertz CT molecular complexity index is 672. The smallest absolute Gasteiger partial charge is 0.235 e. The van der Waals surface area contributed by atoms with Crippen LogP contribution in [0, 0.1) is 13.8 Å². The molecule has 0 fully saturated rings. The first-order chi connectivity index (χ1) is 10.3. The van der Waals surface area contributed by atoms with Gasteiger partial charge in [-0.25, -0.2) is 0 Å². The van der Waals surface area contributed by atoms with Gasteiger partial charge in [-0.3, -0.25) is 4.79 Å². The molecule has 0 radical (unpaired) electrons. The van der Waals surface area contributed by atoms with Gasteiger partial charge in [-0.05, 0) is 36.5 Å². The summed E-state index contributed by atoms with van der Waals surface area (Å²) in [7, 11) is 0. The number of anilines is 1. The Morgan fingerprint density at radius 2 is 2.00 bits per heavy atom. The third-order valence-electron chi connectivity index (χ3n) is 3.31. The average Bonchev–Trinajstić information content (AvgIpc) is 2.81. The number of rotatable bonds is 4. The van der Waals surface area contributed by atoms with Gasteiger partial charge >= 0.3 is 0 Å². The highest BCUT2D eigenvalue weighted by Gasteiger charge is 2.15. The van der Waals surface area contributed by atoms with Crippen molar-refractivity contribution in [3.8, 4) is 0 Å². The first-order valence-electron chi connectivity index (χ1n) is 7.23. The van der Waals surface area contributed by atoms with Crippen molar-refractivity contribution >= 4 is 23.5 Å². The van der Waals surface area contributed by atoms with Crippen molar-refractivity contribution in [2.45, 2.75) is 44.9 Å². The number of hydrogen-bond acceptors (Lipinski definition) is 4. The molecule has 118 valence electrons. The van der Waals surface area contributed by atoms with Crippen LogP contribution < -0.4 is 5.32 Å². The maximum Gasteiger partial charge on any atom is 0.235 e. The molecule has 2 rings (SSSR count). The van der Waals surface area contributed by atoms with Crippen LogP contribution in [0.15, 0.2) is 33.7 Å². The molecular weight excluding hydrogens is 296 g/mol. The van der Waals surface area contributed by atoms with Gasteiger partial charge in [0.2, 0.25) is 5.91 Å². The van der Waals surface area contributed by atoms with E-state index in [1.165, 1.54) is 11.1 Å². The van der Waals surface area contributed by atoms with Crippen molar-refractivity contribution in [2.24, 2.45) is 0 Å². The minimum atomic E-state index is -0.0844. The second-order valence-electron chi connectivity index (χ2n) is 6.39. The monoisotopic (exact) mass is 318 g/mol. The number of carbonyl (C=O) groups excluding carboxylic acids is 1. The maximum atomic E-state index is 12.0. The van der Waals surface area contributed by atoms with Crippen LogP contribution in [0.5, 0.6) is 0 Å². The Balaban J connectivity index is 2.00. The molecule has 0 aliphatic heterocycles. The van der Waals surface area contributed by atoms with Gasteiger partial charge in [0.05, 0.1) is 5.75 Å². The van der Waals surface area contributed by atoms with Crippen molar-refractivity contribution in [3.05, 3.63) is 41.2 Å². The summed E-state index contributed by atoms with van der Waals surface area (Å²) in [6.07, 6.45) is 0. The molecule has 22 heavy (non-hydrogen) atoms. The molecule has 1 heterocycles. The predicted molar refractivity (Wildman–Crippen MR) is 90.5 cm³/mol. The van der Waals surface area contributed by atoms with Crippen LogP contribution in [-0.2, 0) is 10.2 Å². The highest BCUT2D eigenvalue weighted by Crippen LogP contribution is 2.29. The number of benzene rings is 1. The summed E-state index contributed by atoms with van der Waals surface area (Å²) in [5.41, 5.74) is 2.56. The zero-order valence-electron chi connectivity index (χ0n) is 13.7. The number of carbonyl (C=O) groups is 1. The molecule has 0 aliphatic carbocycles. The third kappa shape index (κ3) is 4.37. The zero-order chi connectivity index (χ0) is 16.3. The Kier molecular flexibility index (Phi) is 4.96. The molecule has 2 aromatic rings. The number of nitrogens with zero attached hydrogens (tertiary/aromatic N) is 1. The topological polar surface area (TPSA) is 55.1 Å². The maximum absolute atomic E-state index is 12.0. The zero-order valence-corrected chi connectivity index (χ0v) is 14.5. The fraction of sp³-hybridized carbons (Fsp3) is 0.412. The molecule has 1 aromatic heterocycles. The van der Waals surface area contributed by atoms with Crippen LogP contribution in [-0.4, -0.2) is 16.8 Å². The van der Waals surface area contributed by atoms with E-state index in [0.717, 1.165) is 4.90 Å². The first kappa shape index (κ1) is 16.6. The van der Waals surface area contributed by atoms with Gasteiger partial charge in [0.25, 0.3) is 0 Å². The molecule has 0 spiro atoms. The first-order valence-corrected chi connectivity index (χ1v) is 8.21. The SMILES string of the molecule is Cc1cc(NC(=O)CSc2cc(C(C)(C)C)ccc2C)no1. The standard InChI is InChI=1S/C17H22N2O2S/c1-11-6-7-13(17(3,4)5)9-14(11)22-10-16(20)18-15-8-12(2)21-19-15/h6-9H,10H2,1-5H3,(H,18,19,20). The molecule has 4 nitrogen and oxygen atoms in total. The Morgan fingerprint density at radius 1 is 1.27 bits per heavy atom. The predicted octanol–water partition coefficient (Wildman–Crippen LogP) is 4.32. The van der Waals surface area contributed by atoms with E-state index in [1.54, 1.807) is 24.8 Å². The highest BCUT2D eigenvalue weighted by molar-refractivity contribution is 8.00. The fourth-order valence-electron chi connectivity index (χ4n) is 1.97. The summed E-state index contributed by atoms with van der Waals surface area (Å²) in [4.78, 5) is 13.1. The van der Waals surface area contributed by atoms with Crippen molar-refractivity contribution in [1.82, 2.24) is 5.16 Å². The van der Waals surface area contributed by atoms with E-state index in [9.17, 15) is 4.79 Å². The van der Waals surface area contributed by atoms with Crippen molar-refractivity contribution in [2.75, 3.05) is 11.1 Å². The van der Waals surface area contributed by atoms with Crippen molar-refractivity contribution in [1.29, 1.82) is 0 Å². The lowest BCUT2D eigenvalue weighted by atomic mass is 9.87. The minimum absolute atomic E-state index is 0.0844. The van der Waals surface area contributed by atoms with Crippen LogP contribution in [0.1, 0.15) is 37.7 Å². The van der Waals surface area contributed by atoms with Gasteiger partial charge in [-0.2, -0.15) is 0 Å². The minimum Gasteiger partial charge on any atom is -0.360 e. The summed E-state index contributed by atoms with van der Waals surface area (Å²) in [6, 6.07) is 8.14. The largest absolute Gasteiger partial charge is 0.360 e. The molecule has 0 bridgehead atoms. The molecule has 0 saturated carbocycles. The number of aromatic nitrogens is 1. The number of amides is 1. The summed E-state index contributed by atoms with van der Waals surface area (Å²) in [6.45, 7) is 10.4. The van der Waals surface area contributed by atoms with Gasteiger partial charge in [0, 0.05) is 11.0 Å². The van der Waals surface area contributed by atoms with Crippen molar-refractivity contribution < 1.29 is 9.32 Å². The number of hydrogen-bond donors (Lipinski definition) is 1. The molecular formula is C17H22N2O2S. The van der Waals surface area contributed by atoms with Crippen LogP contribution in [0.3, 0.4) is 0 Å². The molecule has 0 unspecified atom stereocenters. The van der Waals surface area contributed by atoms with E-state index < -0.39 is 0 Å². The molecule has 1 N–H and O–H groups in total. The Morgan fingerprint density at radius 3 is 2.59 bits per heavy atom. The molecule has 0 saturated heterocycles. The van der Waals surface area contributed by atoms with Gasteiger partial charge in [0.1, 0.15) is 5.76 Å². The summed E-state index contributed by atoms with van der Waals surface area (Å²) in [5.74, 6) is 1.40. The summed E-state index contributed by atoms with van der Waals surface area (Å²) in [5, 5.41) is 6.49. The van der Waals surface area contributed by atoms with E-state index in [2.05, 4.69) is 56.4 Å². The average molecular weight is 318 g/mol. The van der Waals surface area contributed by atoms with Crippen LogP contribution >= 0.6 is 11.8 Å². The summed E-state index contributed by atoms with van der Waals surface area (Å²) >= 11 is 1.54.